The molecule has 0 aromatic carbocycles. The Labute approximate surface area is 104 Å². The summed E-state index contributed by atoms with van der Waals surface area (Å²) in [5.41, 5.74) is 0.00304. The van der Waals surface area contributed by atoms with Gasteiger partial charge in [-0.3, -0.25) is 0 Å². The van der Waals surface area contributed by atoms with Gasteiger partial charge in [-0.15, -0.1) is 12.6 Å². The van der Waals surface area contributed by atoms with Crippen LogP contribution in [0.3, 0.4) is 0 Å². The van der Waals surface area contributed by atoms with E-state index in [1.807, 2.05) is 0 Å². The predicted molar refractivity (Wildman–Crippen MR) is 62.9 cm³/mol. The summed E-state index contributed by atoms with van der Waals surface area (Å²) in [5.74, 6) is -1.37. The molecular weight excluding hydrogens is 242 g/mol. The Bertz CT molecular complexity index is 456. The van der Waals surface area contributed by atoms with Crippen LogP contribution in [0, 0.1) is 0 Å². The number of thiol groups is 1. The first-order chi connectivity index (χ1) is 8.11. The van der Waals surface area contributed by atoms with Crippen LogP contribution in [0.4, 0.5) is 0 Å². The largest absolute Gasteiger partial charge is 0.465 e. The molecule has 1 rings (SSSR count). The number of carbonyl (C=O) groups is 2. The molecule has 0 fully saturated rings. The van der Waals surface area contributed by atoms with Crippen LogP contribution < -0.4 is 4.57 Å². The molecule has 0 aliphatic rings. The number of hydrogen-bond donors (Lipinski definition) is 1. The fraction of sp³-hybridized carbons (Fsp3) is 0.182. The van der Waals surface area contributed by atoms with Gasteiger partial charge in [-0.05, 0) is 0 Å². The molecule has 6 heteroatoms. The second-order valence-corrected chi connectivity index (χ2v) is 3.41. The van der Waals surface area contributed by atoms with Crippen LogP contribution in [0.1, 0.15) is 0 Å². The molecule has 0 spiro atoms. The van der Waals surface area contributed by atoms with E-state index in [0.29, 0.717) is 0 Å². The molecule has 5 nitrogen and oxygen atoms in total. The van der Waals surface area contributed by atoms with Crippen LogP contribution in [0.2, 0.25) is 0 Å². The number of aromatic nitrogens is 1. The Hall–Kier alpha value is -1.82. The van der Waals surface area contributed by atoms with Crippen LogP contribution in [-0.2, 0) is 19.1 Å². The standard InChI is InChI=1S/C11H11NO4S/c1-15-10(13)8(9(17)11(14)16-2)12-6-4-3-5-7-12/h3-7H,1-2H3/p+1. The van der Waals surface area contributed by atoms with Crippen LogP contribution in [0.15, 0.2) is 35.5 Å². The molecule has 17 heavy (non-hydrogen) atoms. The van der Waals surface area contributed by atoms with Crippen molar-refractivity contribution in [2.45, 2.75) is 0 Å². The zero-order chi connectivity index (χ0) is 12.8. The lowest BCUT2D eigenvalue weighted by atomic mass is 10.3. The predicted octanol–water partition coefficient (Wildman–Crippen LogP) is 0.418. The second-order valence-electron chi connectivity index (χ2n) is 2.96. The number of esters is 2. The molecule has 0 unspecified atom stereocenters. The lowest BCUT2D eigenvalue weighted by Gasteiger charge is -2.02. The molecule has 0 amide bonds. The summed E-state index contributed by atoms with van der Waals surface area (Å²) in [7, 11) is 2.44. The van der Waals surface area contributed by atoms with Crippen molar-refractivity contribution in [2.75, 3.05) is 14.2 Å². The summed E-state index contributed by atoms with van der Waals surface area (Å²) >= 11 is 3.99. The van der Waals surface area contributed by atoms with Gasteiger partial charge in [-0.2, -0.15) is 4.57 Å². The maximum absolute atomic E-state index is 11.6. The molecule has 1 heterocycles. The molecule has 0 saturated heterocycles. The Balaban J connectivity index is 3.32. The Morgan fingerprint density at radius 1 is 1.00 bits per heavy atom. The van der Waals surface area contributed by atoms with Crippen LogP contribution in [0.25, 0.3) is 5.70 Å². The van der Waals surface area contributed by atoms with Crippen molar-refractivity contribution < 1.29 is 23.6 Å². The highest BCUT2D eigenvalue weighted by Crippen LogP contribution is 2.12. The molecule has 0 aliphatic heterocycles. The second kappa shape index (κ2) is 6.05. The van der Waals surface area contributed by atoms with E-state index < -0.39 is 11.9 Å². The van der Waals surface area contributed by atoms with Crippen molar-refractivity contribution >= 4 is 30.3 Å². The molecular formula is C11H12NO4S+. The number of methoxy groups -OCH3 is 2. The minimum Gasteiger partial charge on any atom is -0.465 e. The van der Waals surface area contributed by atoms with Gasteiger partial charge < -0.3 is 9.47 Å². The minimum absolute atomic E-state index is 0.00304. The van der Waals surface area contributed by atoms with Crippen molar-refractivity contribution in [3.63, 3.8) is 0 Å². The SMILES string of the molecule is COC(=O)/C(S)=C(\C(=O)OC)[n+]1ccccc1. The minimum atomic E-state index is -0.704. The first kappa shape index (κ1) is 13.2. The highest BCUT2D eigenvalue weighted by Gasteiger charge is 2.28. The zero-order valence-corrected chi connectivity index (χ0v) is 10.3. The smallest absolute Gasteiger partial charge is 0.405 e. The van der Waals surface area contributed by atoms with Gasteiger partial charge in [0.1, 0.15) is 0 Å². The van der Waals surface area contributed by atoms with E-state index >= 15 is 0 Å². The van der Waals surface area contributed by atoms with Crippen molar-refractivity contribution in [1.82, 2.24) is 0 Å². The van der Waals surface area contributed by atoms with E-state index in [4.69, 9.17) is 0 Å². The van der Waals surface area contributed by atoms with Crippen molar-refractivity contribution in [3.8, 4) is 0 Å². The van der Waals surface area contributed by atoms with E-state index in [1.165, 1.54) is 18.8 Å². The molecule has 0 atom stereocenters. The van der Waals surface area contributed by atoms with E-state index in [0.717, 1.165) is 0 Å². The van der Waals surface area contributed by atoms with Crippen LogP contribution in [0.5, 0.6) is 0 Å². The van der Waals surface area contributed by atoms with Gasteiger partial charge in [0, 0.05) is 12.1 Å². The number of nitrogens with zero attached hydrogens (tertiary/aromatic N) is 1. The fourth-order valence-corrected chi connectivity index (χ4v) is 1.46. The van der Waals surface area contributed by atoms with Crippen LogP contribution in [-0.4, -0.2) is 26.2 Å². The third kappa shape index (κ3) is 3.07. The molecule has 0 bridgehead atoms. The highest BCUT2D eigenvalue weighted by molar-refractivity contribution is 7.85. The molecule has 1 aromatic rings. The number of ether oxygens (including phenoxy) is 2. The zero-order valence-electron chi connectivity index (χ0n) is 9.41. The Morgan fingerprint density at radius 3 is 2.00 bits per heavy atom. The lowest BCUT2D eigenvalue weighted by molar-refractivity contribution is -0.578. The van der Waals surface area contributed by atoms with Gasteiger partial charge in [-0.25, -0.2) is 9.59 Å². The van der Waals surface area contributed by atoms with Crippen molar-refractivity contribution in [3.05, 3.63) is 35.5 Å². The summed E-state index contributed by atoms with van der Waals surface area (Å²) in [6, 6.07) is 5.20. The van der Waals surface area contributed by atoms with Gasteiger partial charge in [0.25, 0.3) is 0 Å². The maximum atomic E-state index is 11.6. The molecule has 0 saturated carbocycles. The highest BCUT2D eigenvalue weighted by atomic mass is 32.1. The van der Waals surface area contributed by atoms with E-state index in [9.17, 15) is 9.59 Å². The molecule has 90 valence electrons. The first-order valence-corrected chi connectivity index (χ1v) is 5.13. The Kier molecular flexibility index (Phi) is 4.71. The van der Waals surface area contributed by atoms with Gasteiger partial charge in [0.05, 0.1) is 14.2 Å². The van der Waals surface area contributed by atoms with E-state index in [2.05, 4.69) is 22.1 Å². The molecule has 0 N–H and O–H groups in total. The molecule has 0 radical (unpaired) electrons. The summed E-state index contributed by atoms with van der Waals surface area (Å²) < 4.78 is 10.6. The van der Waals surface area contributed by atoms with Gasteiger partial charge >= 0.3 is 17.6 Å². The normalized spacial score (nSPS) is 11.5. The van der Waals surface area contributed by atoms with Crippen molar-refractivity contribution in [1.29, 1.82) is 0 Å². The molecule has 1 aromatic heterocycles. The van der Waals surface area contributed by atoms with Crippen LogP contribution >= 0.6 is 12.6 Å². The Morgan fingerprint density at radius 2 is 1.53 bits per heavy atom. The van der Waals surface area contributed by atoms with Gasteiger partial charge in [-0.1, -0.05) is 6.07 Å². The summed E-state index contributed by atoms with van der Waals surface area (Å²) in [4.78, 5) is 22.9. The number of pyridine rings is 1. The summed E-state index contributed by atoms with van der Waals surface area (Å²) in [5, 5.41) is 0. The maximum Gasteiger partial charge on any atom is 0.405 e. The molecule has 0 aliphatic carbocycles. The third-order valence-corrected chi connectivity index (χ3v) is 2.35. The first-order valence-electron chi connectivity index (χ1n) is 4.68. The van der Waals surface area contributed by atoms with E-state index in [1.54, 1.807) is 30.6 Å². The average Bonchev–Trinajstić information content (AvgIpc) is 2.38. The topological polar surface area (TPSA) is 56.5 Å². The summed E-state index contributed by atoms with van der Waals surface area (Å²) in [6.45, 7) is 0. The lowest BCUT2D eigenvalue weighted by Crippen LogP contribution is -2.37. The van der Waals surface area contributed by atoms with Crippen molar-refractivity contribution in [2.24, 2.45) is 0 Å². The monoisotopic (exact) mass is 254 g/mol. The fourth-order valence-electron chi connectivity index (χ4n) is 1.16. The third-order valence-electron chi connectivity index (χ3n) is 1.96. The summed E-state index contributed by atoms with van der Waals surface area (Å²) in [6.07, 6.45) is 3.21. The number of carbonyl (C=O) groups excluding carboxylic acids is 2. The van der Waals surface area contributed by atoms with Gasteiger partial charge in [0.15, 0.2) is 17.3 Å². The van der Waals surface area contributed by atoms with Gasteiger partial charge in [0.2, 0.25) is 0 Å². The quantitative estimate of drug-likeness (QED) is 0.367. The van der Waals surface area contributed by atoms with E-state index in [-0.39, 0.29) is 10.6 Å². The average molecular weight is 254 g/mol. The number of hydrogen-bond acceptors (Lipinski definition) is 5. The number of rotatable bonds is 3.